The van der Waals surface area contributed by atoms with Crippen LogP contribution < -0.4 is 15.4 Å². The van der Waals surface area contributed by atoms with E-state index in [0.717, 1.165) is 43.1 Å². The molecule has 3 aromatic rings. The van der Waals surface area contributed by atoms with E-state index in [2.05, 4.69) is 44.3 Å². The van der Waals surface area contributed by atoms with Gasteiger partial charge in [0.25, 0.3) is 5.56 Å². The Bertz CT molecular complexity index is 884. The molecule has 0 spiro atoms. The van der Waals surface area contributed by atoms with E-state index >= 15 is 0 Å². The van der Waals surface area contributed by atoms with Crippen molar-refractivity contribution in [3.8, 4) is 11.3 Å². The molecule has 1 aromatic heterocycles. The first-order valence-corrected chi connectivity index (χ1v) is 8.51. The van der Waals surface area contributed by atoms with E-state index in [1.54, 1.807) is 6.07 Å². The van der Waals surface area contributed by atoms with Gasteiger partial charge in [-0.1, -0.05) is 48.5 Å². The highest BCUT2D eigenvalue weighted by molar-refractivity contribution is 5.74. The van der Waals surface area contributed by atoms with Gasteiger partial charge in [0.15, 0.2) is 0 Å². The summed E-state index contributed by atoms with van der Waals surface area (Å²) in [7, 11) is 0. The summed E-state index contributed by atoms with van der Waals surface area (Å²) in [6.45, 7) is 3.57. The van der Waals surface area contributed by atoms with Crippen molar-refractivity contribution >= 4 is 11.4 Å². The maximum Gasteiger partial charge on any atom is 0.266 e. The van der Waals surface area contributed by atoms with E-state index in [1.165, 1.54) is 5.69 Å². The van der Waals surface area contributed by atoms with E-state index in [1.807, 2.05) is 36.4 Å². The third-order valence-corrected chi connectivity index (χ3v) is 4.58. The molecule has 5 heteroatoms. The average molecular weight is 332 g/mol. The van der Waals surface area contributed by atoms with Crippen LogP contribution in [0.2, 0.25) is 0 Å². The number of piperazine rings is 1. The molecule has 2 aromatic carbocycles. The lowest BCUT2D eigenvalue weighted by Gasteiger charge is -2.37. The Kier molecular flexibility index (Phi) is 4.21. The number of hydrogen-bond donors (Lipinski definition) is 1. The lowest BCUT2D eigenvalue weighted by Crippen LogP contribution is -2.47. The van der Waals surface area contributed by atoms with E-state index < -0.39 is 0 Å². The van der Waals surface area contributed by atoms with Gasteiger partial charge < -0.3 is 9.80 Å². The van der Waals surface area contributed by atoms with Crippen LogP contribution in [0, 0.1) is 0 Å². The maximum absolute atomic E-state index is 11.8. The minimum absolute atomic E-state index is 0.167. The van der Waals surface area contributed by atoms with E-state index in [-0.39, 0.29) is 5.56 Å². The topological polar surface area (TPSA) is 52.2 Å². The van der Waals surface area contributed by atoms with Gasteiger partial charge in [-0.25, -0.2) is 5.10 Å². The number of anilines is 2. The number of rotatable bonds is 3. The van der Waals surface area contributed by atoms with Crippen molar-refractivity contribution in [2.24, 2.45) is 0 Å². The van der Waals surface area contributed by atoms with Crippen molar-refractivity contribution in [1.29, 1.82) is 0 Å². The second-order valence-corrected chi connectivity index (χ2v) is 6.14. The molecule has 0 amide bonds. The minimum atomic E-state index is -0.167. The molecular weight excluding hydrogens is 312 g/mol. The van der Waals surface area contributed by atoms with Gasteiger partial charge in [0, 0.05) is 43.5 Å². The van der Waals surface area contributed by atoms with Gasteiger partial charge in [0.05, 0.1) is 5.69 Å². The molecule has 126 valence electrons. The second kappa shape index (κ2) is 6.81. The molecule has 1 fully saturated rings. The van der Waals surface area contributed by atoms with Crippen LogP contribution in [-0.4, -0.2) is 36.4 Å². The molecule has 0 aliphatic carbocycles. The first kappa shape index (κ1) is 15.4. The zero-order valence-electron chi connectivity index (χ0n) is 13.9. The molecule has 25 heavy (non-hydrogen) atoms. The minimum Gasteiger partial charge on any atom is -0.368 e. The zero-order valence-corrected chi connectivity index (χ0v) is 13.9. The zero-order chi connectivity index (χ0) is 17.1. The summed E-state index contributed by atoms with van der Waals surface area (Å²) >= 11 is 0. The van der Waals surface area contributed by atoms with Gasteiger partial charge in [0.2, 0.25) is 0 Å². The third-order valence-electron chi connectivity index (χ3n) is 4.58. The molecule has 2 heterocycles. The van der Waals surface area contributed by atoms with Crippen LogP contribution in [0.4, 0.5) is 11.4 Å². The normalized spacial score (nSPS) is 14.6. The largest absolute Gasteiger partial charge is 0.368 e. The molecule has 1 N–H and O–H groups in total. The second-order valence-electron chi connectivity index (χ2n) is 6.14. The Labute approximate surface area is 146 Å². The lowest BCUT2D eigenvalue weighted by atomic mass is 10.1. The van der Waals surface area contributed by atoms with Crippen molar-refractivity contribution in [3.05, 3.63) is 77.1 Å². The summed E-state index contributed by atoms with van der Waals surface area (Å²) in [4.78, 5) is 16.5. The molecule has 1 aliphatic heterocycles. The number of aromatic amines is 1. The molecule has 0 saturated carbocycles. The summed E-state index contributed by atoms with van der Waals surface area (Å²) in [5.41, 5.74) is 3.82. The average Bonchev–Trinajstić information content (AvgIpc) is 2.69. The number of H-pyrrole nitrogens is 1. The Balaban J connectivity index is 1.59. The molecule has 5 nitrogen and oxygen atoms in total. The molecule has 0 atom stereocenters. The van der Waals surface area contributed by atoms with Crippen LogP contribution in [0.3, 0.4) is 0 Å². The van der Waals surface area contributed by atoms with Gasteiger partial charge in [0.1, 0.15) is 5.69 Å². The number of hydrogen-bond acceptors (Lipinski definition) is 4. The van der Waals surface area contributed by atoms with Crippen LogP contribution >= 0.6 is 0 Å². The van der Waals surface area contributed by atoms with E-state index in [4.69, 9.17) is 0 Å². The first-order chi connectivity index (χ1) is 12.3. The summed E-state index contributed by atoms with van der Waals surface area (Å²) in [6, 6.07) is 22.1. The Morgan fingerprint density at radius 1 is 0.800 bits per heavy atom. The van der Waals surface area contributed by atoms with Gasteiger partial charge in [-0.05, 0) is 12.1 Å². The highest BCUT2D eigenvalue weighted by Crippen LogP contribution is 2.28. The summed E-state index contributed by atoms with van der Waals surface area (Å²) in [5.74, 6) is 0. The quantitative estimate of drug-likeness (QED) is 0.801. The maximum atomic E-state index is 11.8. The number of aromatic nitrogens is 2. The number of benzene rings is 2. The monoisotopic (exact) mass is 332 g/mol. The van der Waals surface area contributed by atoms with Crippen LogP contribution in [0.1, 0.15) is 0 Å². The summed E-state index contributed by atoms with van der Waals surface area (Å²) in [6.07, 6.45) is 0. The molecule has 1 aliphatic rings. The molecular formula is C20H20N4O. The van der Waals surface area contributed by atoms with Crippen LogP contribution in [0.25, 0.3) is 11.3 Å². The third kappa shape index (κ3) is 3.26. The van der Waals surface area contributed by atoms with E-state index in [0.29, 0.717) is 0 Å². The molecule has 4 rings (SSSR count). The van der Waals surface area contributed by atoms with Crippen molar-refractivity contribution in [2.75, 3.05) is 36.0 Å². The SMILES string of the molecule is O=c1cc(N2CCN(c3ccccc3)CC2)c(-c2ccccc2)n[nH]1. The van der Waals surface area contributed by atoms with Gasteiger partial charge in [-0.2, -0.15) is 5.10 Å². The molecule has 0 unspecified atom stereocenters. The van der Waals surface area contributed by atoms with Crippen LogP contribution in [-0.2, 0) is 0 Å². The van der Waals surface area contributed by atoms with Gasteiger partial charge in [-0.15, -0.1) is 0 Å². The Hall–Kier alpha value is -3.08. The molecule has 0 bridgehead atoms. The van der Waals surface area contributed by atoms with Crippen molar-refractivity contribution in [2.45, 2.75) is 0 Å². The fourth-order valence-corrected chi connectivity index (χ4v) is 3.29. The summed E-state index contributed by atoms with van der Waals surface area (Å²) in [5, 5.41) is 6.88. The first-order valence-electron chi connectivity index (χ1n) is 8.51. The Morgan fingerprint density at radius 2 is 1.40 bits per heavy atom. The predicted octanol–water partition coefficient (Wildman–Crippen LogP) is 2.76. The summed E-state index contributed by atoms with van der Waals surface area (Å²) < 4.78 is 0. The van der Waals surface area contributed by atoms with Crippen molar-refractivity contribution in [1.82, 2.24) is 10.2 Å². The lowest BCUT2D eigenvalue weighted by molar-refractivity contribution is 0.652. The van der Waals surface area contributed by atoms with Gasteiger partial charge in [-0.3, -0.25) is 4.79 Å². The highest BCUT2D eigenvalue weighted by Gasteiger charge is 2.21. The number of para-hydroxylation sites is 1. The fourth-order valence-electron chi connectivity index (χ4n) is 3.29. The van der Waals surface area contributed by atoms with Crippen molar-refractivity contribution < 1.29 is 0 Å². The standard InChI is InChI=1S/C20H20N4O/c25-19-15-18(20(22-21-19)16-7-3-1-4-8-16)24-13-11-23(12-14-24)17-9-5-2-6-10-17/h1-10,15H,11-14H2,(H,21,25). The number of nitrogens with zero attached hydrogens (tertiary/aromatic N) is 3. The smallest absolute Gasteiger partial charge is 0.266 e. The Morgan fingerprint density at radius 3 is 2.08 bits per heavy atom. The van der Waals surface area contributed by atoms with Crippen molar-refractivity contribution in [3.63, 3.8) is 0 Å². The van der Waals surface area contributed by atoms with Gasteiger partial charge >= 0.3 is 0 Å². The molecule has 1 saturated heterocycles. The van der Waals surface area contributed by atoms with Crippen LogP contribution in [0.15, 0.2) is 71.5 Å². The highest BCUT2D eigenvalue weighted by atomic mass is 16.1. The fraction of sp³-hybridized carbons (Fsp3) is 0.200. The number of nitrogens with one attached hydrogen (secondary N) is 1. The van der Waals surface area contributed by atoms with Crippen LogP contribution in [0.5, 0.6) is 0 Å². The van der Waals surface area contributed by atoms with E-state index in [9.17, 15) is 4.79 Å². The predicted molar refractivity (Wildman–Crippen MR) is 101 cm³/mol. The molecule has 0 radical (unpaired) electrons.